The van der Waals surface area contributed by atoms with Gasteiger partial charge in [0.15, 0.2) is 5.78 Å². The van der Waals surface area contributed by atoms with Gasteiger partial charge in [0.25, 0.3) is 0 Å². The van der Waals surface area contributed by atoms with Gasteiger partial charge in [0, 0.05) is 22.9 Å². The van der Waals surface area contributed by atoms with Crippen molar-refractivity contribution in [3.05, 3.63) is 46.7 Å². The highest BCUT2D eigenvalue weighted by atomic mass is 16.5. The average molecular weight is 399 g/mol. The van der Waals surface area contributed by atoms with Crippen LogP contribution < -0.4 is 0 Å². The second kappa shape index (κ2) is 7.62. The Morgan fingerprint density at radius 1 is 1.07 bits per heavy atom. The lowest BCUT2D eigenvalue weighted by atomic mass is 9.67. The normalized spacial score (nSPS) is 26.4. The molecule has 3 rings (SSSR count). The van der Waals surface area contributed by atoms with Crippen LogP contribution in [0, 0.1) is 17.8 Å². The van der Waals surface area contributed by atoms with Crippen molar-refractivity contribution in [2.24, 2.45) is 22.7 Å². The van der Waals surface area contributed by atoms with E-state index in [4.69, 9.17) is 0 Å². The first kappa shape index (κ1) is 20.4. The van der Waals surface area contributed by atoms with Crippen LogP contribution in [0.1, 0.15) is 42.1 Å². The minimum Gasteiger partial charge on any atom is -0.481 e. The van der Waals surface area contributed by atoms with Crippen LogP contribution in [0.25, 0.3) is 0 Å². The number of carbonyl (C=O) groups excluding carboxylic acids is 2. The summed E-state index contributed by atoms with van der Waals surface area (Å²) >= 11 is 0. The molecule has 0 fully saturated rings. The zero-order chi connectivity index (χ0) is 21.5. The number of benzene rings is 1. The lowest BCUT2D eigenvalue weighted by molar-refractivity contribution is -0.147. The van der Waals surface area contributed by atoms with Crippen LogP contribution in [0.2, 0.25) is 0 Å². The Labute approximate surface area is 166 Å². The van der Waals surface area contributed by atoms with Gasteiger partial charge in [0.2, 0.25) is 0 Å². The second-order valence-electron chi connectivity index (χ2n) is 7.38. The standard InChI is InChI=1S/C21H21NO7/c1-9-8-13-17(18(23)14(9)19(24)25)16(15(20(26)27)10(2)22-13)11-4-6-12(7-5-11)21(28)29-3/h4-7,9,14-16H,8H2,1-3H3,(H,24,25)(H,26,27). The van der Waals surface area contributed by atoms with Crippen LogP contribution >= 0.6 is 0 Å². The number of hydrogen-bond acceptors (Lipinski definition) is 6. The lowest BCUT2D eigenvalue weighted by Gasteiger charge is -2.37. The summed E-state index contributed by atoms with van der Waals surface area (Å²) in [4.78, 5) is 52.9. The lowest BCUT2D eigenvalue weighted by Crippen LogP contribution is -2.42. The maximum absolute atomic E-state index is 13.1. The van der Waals surface area contributed by atoms with Crippen molar-refractivity contribution in [3.8, 4) is 0 Å². The molecule has 4 atom stereocenters. The summed E-state index contributed by atoms with van der Waals surface area (Å²) < 4.78 is 4.67. The summed E-state index contributed by atoms with van der Waals surface area (Å²) in [7, 11) is 1.25. The van der Waals surface area contributed by atoms with E-state index in [1.807, 2.05) is 0 Å². The third-order valence-corrected chi connectivity index (χ3v) is 5.57. The number of nitrogens with zero attached hydrogens (tertiary/aromatic N) is 1. The highest BCUT2D eigenvalue weighted by Gasteiger charge is 2.48. The Morgan fingerprint density at radius 3 is 2.17 bits per heavy atom. The van der Waals surface area contributed by atoms with E-state index in [-0.39, 0.29) is 17.6 Å². The van der Waals surface area contributed by atoms with E-state index in [1.54, 1.807) is 26.0 Å². The number of carbonyl (C=O) groups is 4. The van der Waals surface area contributed by atoms with E-state index in [0.717, 1.165) is 0 Å². The Morgan fingerprint density at radius 2 is 1.66 bits per heavy atom. The Hall–Kier alpha value is -3.29. The van der Waals surface area contributed by atoms with Crippen molar-refractivity contribution in [3.63, 3.8) is 0 Å². The van der Waals surface area contributed by atoms with Crippen LogP contribution in [0.5, 0.6) is 0 Å². The van der Waals surface area contributed by atoms with Crippen molar-refractivity contribution >= 4 is 29.4 Å². The molecular weight excluding hydrogens is 378 g/mol. The molecule has 8 heteroatoms. The van der Waals surface area contributed by atoms with Crippen molar-refractivity contribution in [2.45, 2.75) is 26.2 Å². The summed E-state index contributed by atoms with van der Waals surface area (Å²) in [6.45, 7) is 3.27. The van der Waals surface area contributed by atoms with Crippen molar-refractivity contribution in [1.29, 1.82) is 0 Å². The van der Waals surface area contributed by atoms with Crippen LogP contribution in [0.15, 0.2) is 40.5 Å². The van der Waals surface area contributed by atoms with Gasteiger partial charge in [-0.25, -0.2) is 4.79 Å². The molecular formula is C21H21NO7. The summed E-state index contributed by atoms with van der Waals surface area (Å²) in [5.41, 5.74) is 1.72. The molecule has 0 bridgehead atoms. The van der Waals surface area contributed by atoms with Gasteiger partial charge in [0.1, 0.15) is 11.8 Å². The summed E-state index contributed by atoms with van der Waals surface area (Å²) in [6.07, 6.45) is 0.276. The Balaban J connectivity index is 2.16. The number of carboxylic acid groups (broad SMARTS) is 2. The predicted molar refractivity (Wildman–Crippen MR) is 102 cm³/mol. The van der Waals surface area contributed by atoms with Crippen LogP contribution in [0.4, 0.5) is 0 Å². The van der Waals surface area contributed by atoms with Gasteiger partial charge in [0.05, 0.1) is 12.7 Å². The number of Topliss-reactive ketones (excluding diaryl/α,β-unsaturated/α-hetero) is 1. The van der Waals surface area contributed by atoms with E-state index in [2.05, 4.69) is 9.73 Å². The molecule has 152 valence electrons. The van der Waals surface area contributed by atoms with E-state index in [9.17, 15) is 29.4 Å². The van der Waals surface area contributed by atoms with Crippen molar-refractivity contribution in [2.75, 3.05) is 7.11 Å². The summed E-state index contributed by atoms with van der Waals surface area (Å²) in [6, 6.07) is 6.12. The fourth-order valence-electron chi connectivity index (χ4n) is 4.21. The summed E-state index contributed by atoms with van der Waals surface area (Å²) in [5.74, 6) is -7.20. The fraction of sp³-hybridized carbons (Fsp3) is 0.381. The summed E-state index contributed by atoms with van der Waals surface area (Å²) in [5, 5.41) is 19.4. The van der Waals surface area contributed by atoms with Gasteiger partial charge in [-0.1, -0.05) is 19.1 Å². The van der Waals surface area contributed by atoms with Gasteiger partial charge in [-0.2, -0.15) is 0 Å². The number of allylic oxidation sites excluding steroid dienone is 2. The predicted octanol–water partition coefficient (Wildman–Crippen LogP) is 2.30. The fourth-order valence-corrected chi connectivity index (χ4v) is 4.21. The molecule has 29 heavy (non-hydrogen) atoms. The molecule has 1 aromatic carbocycles. The maximum atomic E-state index is 13.1. The molecule has 0 saturated carbocycles. The Kier molecular flexibility index (Phi) is 5.37. The van der Waals surface area contributed by atoms with Crippen LogP contribution in [0.3, 0.4) is 0 Å². The monoisotopic (exact) mass is 399 g/mol. The quantitative estimate of drug-likeness (QED) is 0.587. The van der Waals surface area contributed by atoms with Crippen LogP contribution in [-0.4, -0.2) is 46.7 Å². The molecule has 1 aromatic rings. The average Bonchev–Trinajstić information content (AvgIpc) is 2.65. The first-order chi connectivity index (χ1) is 13.7. The van der Waals surface area contributed by atoms with Crippen molar-refractivity contribution in [1.82, 2.24) is 0 Å². The first-order valence-corrected chi connectivity index (χ1v) is 9.13. The number of hydrogen-bond donors (Lipinski definition) is 2. The van der Waals surface area contributed by atoms with Crippen LogP contribution in [-0.2, 0) is 19.1 Å². The smallest absolute Gasteiger partial charge is 0.337 e. The molecule has 2 aliphatic rings. The molecule has 0 aromatic heterocycles. The van der Waals surface area contributed by atoms with E-state index in [0.29, 0.717) is 17.0 Å². The number of esters is 1. The number of aliphatic imine (C=N–C) groups is 1. The number of ketones is 1. The van der Waals surface area contributed by atoms with Gasteiger partial charge < -0.3 is 14.9 Å². The molecule has 1 aliphatic heterocycles. The second-order valence-corrected chi connectivity index (χ2v) is 7.38. The van der Waals surface area contributed by atoms with E-state index in [1.165, 1.54) is 19.2 Å². The molecule has 0 amide bonds. The van der Waals surface area contributed by atoms with Gasteiger partial charge in [-0.15, -0.1) is 0 Å². The largest absolute Gasteiger partial charge is 0.481 e. The SMILES string of the molecule is COC(=O)c1ccc(C2C3=C(CC(C)C(C(=O)O)C3=O)N=C(C)C2C(=O)O)cc1. The number of ether oxygens (including phenoxy) is 1. The zero-order valence-corrected chi connectivity index (χ0v) is 16.2. The maximum Gasteiger partial charge on any atom is 0.337 e. The number of carboxylic acids is 2. The molecule has 1 heterocycles. The molecule has 0 spiro atoms. The highest BCUT2D eigenvalue weighted by Crippen LogP contribution is 2.46. The zero-order valence-electron chi connectivity index (χ0n) is 16.2. The number of aliphatic carboxylic acids is 2. The molecule has 8 nitrogen and oxygen atoms in total. The minimum atomic E-state index is -1.24. The van der Waals surface area contributed by atoms with E-state index >= 15 is 0 Å². The van der Waals surface area contributed by atoms with Gasteiger partial charge in [-0.05, 0) is 37.0 Å². The molecule has 4 unspecified atom stereocenters. The highest BCUT2D eigenvalue weighted by molar-refractivity contribution is 6.13. The number of rotatable bonds is 4. The molecule has 1 aliphatic carbocycles. The topological polar surface area (TPSA) is 130 Å². The molecule has 2 N–H and O–H groups in total. The third kappa shape index (κ3) is 3.46. The third-order valence-electron chi connectivity index (χ3n) is 5.57. The van der Waals surface area contributed by atoms with Crippen molar-refractivity contribution < 1.29 is 34.1 Å². The van der Waals surface area contributed by atoms with E-state index < -0.39 is 47.4 Å². The number of methoxy groups -OCH3 is 1. The molecule has 0 radical (unpaired) electrons. The Bertz CT molecular complexity index is 958. The van der Waals surface area contributed by atoms with Gasteiger partial charge >= 0.3 is 17.9 Å². The first-order valence-electron chi connectivity index (χ1n) is 9.13. The molecule has 0 saturated heterocycles. The minimum absolute atomic E-state index is 0.138. The van der Waals surface area contributed by atoms with Gasteiger partial charge in [-0.3, -0.25) is 19.4 Å².